The first-order chi connectivity index (χ1) is 11.5. The standard InChI is InChI=1S/C20H30N2OSi/c1-21-13-15-22(16-14-21)12-7-17-24(2,3)20-11-10-19(23-20)18-8-5-4-6-9-18/h4-6,8-11H,7,12-17H2,1-3H3. The molecule has 0 atom stereocenters. The summed E-state index contributed by atoms with van der Waals surface area (Å²) in [6.45, 7) is 11.0. The van der Waals surface area contributed by atoms with Gasteiger partial charge in [0.2, 0.25) is 0 Å². The Bertz CT molecular complexity index is 630. The van der Waals surface area contributed by atoms with Gasteiger partial charge >= 0.3 is 0 Å². The van der Waals surface area contributed by atoms with Gasteiger partial charge in [0.15, 0.2) is 0 Å². The molecule has 3 rings (SSSR count). The first-order valence-corrected chi connectivity index (χ1v) is 12.3. The average molecular weight is 343 g/mol. The molecule has 1 aromatic carbocycles. The van der Waals surface area contributed by atoms with Gasteiger partial charge in [-0.15, -0.1) is 0 Å². The van der Waals surface area contributed by atoms with Crippen LogP contribution in [-0.2, 0) is 0 Å². The van der Waals surface area contributed by atoms with Crippen molar-refractivity contribution in [3.8, 4) is 11.3 Å². The third-order valence-electron chi connectivity index (χ3n) is 5.20. The van der Waals surface area contributed by atoms with E-state index in [4.69, 9.17) is 4.42 Å². The topological polar surface area (TPSA) is 19.6 Å². The van der Waals surface area contributed by atoms with Crippen molar-refractivity contribution in [1.29, 1.82) is 0 Å². The van der Waals surface area contributed by atoms with Crippen LogP contribution in [-0.4, -0.2) is 57.6 Å². The van der Waals surface area contributed by atoms with E-state index in [-0.39, 0.29) is 0 Å². The molecule has 1 aliphatic heterocycles. The summed E-state index contributed by atoms with van der Waals surface area (Å²) >= 11 is 0. The number of hydrogen-bond donors (Lipinski definition) is 0. The van der Waals surface area contributed by atoms with Gasteiger partial charge in [0.25, 0.3) is 0 Å². The number of hydrogen-bond acceptors (Lipinski definition) is 3. The molecular weight excluding hydrogens is 312 g/mol. The molecule has 4 heteroatoms. The zero-order chi connectivity index (χ0) is 17.0. The SMILES string of the molecule is CN1CCN(CCC[Si](C)(C)c2ccc(-c3ccccc3)o2)CC1. The highest BCUT2D eigenvalue weighted by atomic mass is 28.3. The zero-order valence-electron chi connectivity index (χ0n) is 15.3. The lowest BCUT2D eigenvalue weighted by atomic mass is 10.2. The lowest BCUT2D eigenvalue weighted by molar-refractivity contribution is 0.154. The maximum Gasteiger partial charge on any atom is 0.133 e. The van der Waals surface area contributed by atoms with Crippen LogP contribution in [0.5, 0.6) is 0 Å². The third kappa shape index (κ3) is 4.38. The molecule has 0 radical (unpaired) electrons. The molecule has 0 unspecified atom stereocenters. The van der Waals surface area contributed by atoms with Gasteiger partial charge in [-0.05, 0) is 38.2 Å². The van der Waals surface area contributed by atoms with Crippen LogP contribution in [0.15, 0.2) is 46.9 Å². The Hall–Kier alpha value is -1.36. The lowest BCUT2D eigenvalue weighted by Gasteiger charge is -2.32. The van der Waals surface area contributed by atoms with Gasteiger partial charge in [-0.3, -0.25) is 0 Å². The largest absolute Gasteiger partial charge is 0.466 e. The van der Waals surface area contributed by atoms with Gasteiger partial charge in [0.05, 0.1) is 5.38 Å². The van der Waals surface area contributed by atoms with Gasteiger partial charge in [-0.25, -0.2) is 0 Å². The molecule has 3 nitrogen and oxygen atoms in total. The number of piperazine rings is 1. The van der Waals surface area contributed by atoms with Crippen LogP contribution in [0.1, 0.15) is 6.42 Å². The van der Waals surface area contributed by atoms with E-state index in [1.807, 2.05) is 6.07 Å². The summed E-state index contributed by atoms with van der Waals surface area (Å²) in [6, 6.07) is 16.1. The fourth-order valence-corrected chi connectivity index (χ4v) is 5.61. The lowest BCUT2D eigenvalue weighted by Crippen LogP contribution is -2.45. The van der Waals surface area contributed by atoms with Crippen LogP contribution >= 0.6 is 0 Å². The molecule has 2 heterocycles. The third-order valence-corrected chi connectivity index (χ3v) is 8.41. The molecule has 130 valence electrons. The molecule has 1 aromatic heterocycles. The fraction of sp³-hybridized carbons (Fsp3) is 0.500. The molecule has 0 amide bonds. The maximum atomic E-state index is 6.23. The second-order valence-electron chi connectivity index (χ2n) is 7.66. The minimum atomic E-state index is -1.49. The Morgan fingerprint density at radius 3 is 2.38 bits per heavy atom. The number of rotatable bonds is 6. The monoisotopic (exact) mass is 342 g/mol. The molecule has 1 saturated heterocycles. The van der Waals surface area contributed by atoms with Gasteiger partial charge in [-0.1, -0.05) is 43.4 Å². The number of benzene rings is 1. The first kappa shape index (κ1) is 17.5. The summed E-state index contributed by atoms with van der Waals surface area (Å²) in [6.07, 6.45) is 1.28. The van der Waals surface area contributed by atoms with Crippen molar-refractivity contribution in [2.24, 2.45) is 0 Å². The summed E-state index contributed by atoms with van der Waals surface area (Å²) in [5, 5.41) is 1.24. The summed E-state index contributed by atoms with van der Waals surface area (Å²) < 4.78 is 6.23. The molecule has 0 N–H and O–H groups in total. The van der Waals surface area contributed by atoms with E-state index in [0.29, 0.717) is 0 Å². The number of furan rings is 1. The highest BCUT2D eigenvalue weighted by Gasteiger charge is 2.27. The average Bonchev–Trinajstić information content (AvgIpc) is 3.08. The molecule has 24 heavy (non-hydrogen) atoms. The van der Waals surface area contributed by atoms with Crippen LogP contribution in [0, 0.1) is 0 Å². The number of nitrogens with zero attached hydrogens (tertiary/aromatic N) is 2. The normalized spacial score (nSPS) is 17.3. The van der Waals surface area contributed by atoms with E-state index in [0.717, 1.165) is 5.76 Å². The smallest absolute Gasteiger partial charge is 0.133 e. The van der Waals surface area contributed by atoms with Gasteiger partial charge in [0.1, 0.15) is 13.8 Å². The van der Waals surface area contributed by atoms with E-state index in [9.17, 15) is 0 Å². The predicted octanol–water partition coefficient (Wildman–Crippen LogP) is 3.50. The second kappa shape index (κ2) is 7.68. The van der Waals surface area contributed by atoms with E-state index < -0.39 is 8.07 Å². The van der Waals surface area contributed by atoms with Crippen LogP contribution < -0.4 is 5.38 Å². The molecule has 1 aliphatic rings. The highest BCUT2D eigenvalue weighted by molar-refractivity contribution is 6.88. The van der Waals surface area contributed by atoms with Crippen LogP contribution in [0.2, 0.25) is 19.1 Å². The Balaban J connectivity index is 1.54. The summed E-state index contributed by atoms with van der Waals surface area (Å²) in [7, 11) is 0.724. The molecule has 1 fully saturated rings. The summed E-state index contributed by atoms with van der Waals surface area (Å²) in [5.41, 5.74) is 1.17. The van der Waals surface area contributed by atoms with Crippen molar-refractivity contribution in [3.05, 3.63) is 42.5 Å². The molecule has 0 bridgehead atoms. The second-order valence-corrected chi connectivity index (χ2v) is 12.4. The maximum absolute atomic E-state index is 6.23. The van der Waals surface area contributed by atoms with Gasteiger partial charge in [-0.2, -0.15) is 0 Å². The Morgan fingerprint density at radius 1 is 0.958 bits per heavy atom. The van der Waals surface area contributed by atoms with Gasteiger partial charge in [0, 0.05) is 31.7 Å². The van der Waals surface area contributed by atoms with Crippen molar-refractivity contribution in [1.82, 2.24) is 9.80 Å². The van der Waals surface area contributed by atoms with Crippen LogP contribution in [0.4, 0.5) is 0 Å². The van der Waals surface area contributed by atoms with Crippen molar-refractivity contribution >= 4 is 13.5 Å². The van der Waals surface area contributed by atoms with E-state index >= 15 is 0 Å². The predicted molar refractivity (Wildman–Crippen MR) is 105 cm³/mol. The number of likely N-dealkylation sites (N-methyl/N-ethyl adjacent to an activating group) is 1. The molecule has 0 saturated carbocycles. The van der Waals surface area contributed by atoms with Crippen molar-refractivity contribution in [2.45, 2.75) is 25.6 Å². The molecule has 0 aliphatic carbocycles. The van der Waals surface area contributed by atoms with Crippen molar-refractivity contribution in [3.63, 3.8) is 0 Å². The molecular formula is C20H30N2OSi. The van der Waals surface area contributed by atoms with E-state index in [2.05, 4.69) is 66.3 Å². The Labute approximate surface area is 147 Å². The molecule has 2 aromatic rings. The highest BCUT2D eigenvalue weighted by Crippen LogP contribution is 2.22. The van der Waals surface area contributed by atoms with Crippen LogP contribution in [0.25, 0.3) is 11.3 Å². The Kier molecular flexibility index (Phi) is 5.59. The van der Waals surface area contributed by atoms with Gasteiger partial charge < -0.3 is 14.2 Å². The molecule has 0 spiro atoms. The summed E-state index contributed by atoms with van der Waals surface area (Å²) in [5.74, 6) is 1.00. The van der Waals surface area contributed by atoms with E-state index in [1.165, 1.54) is 56.1 Å². The van der Waals surface area contributed by atoms with Crippen molar-refractivity contribution in [2.75, 3.05) is 39.8 Å². The zero-order valence-corrected chi connectivity index (χ0v) is 16.3. The van der Waals surface area contributed by atoms with Crippen LogP contribution in [0.3, 0.4) is 0 Å². The summed E-state index contributed by atoms with van der Waals surface area (Å²) in [4.78, 5) is 5.03. The Morgan fingerprint density at radius 2 is 1.67 bits per heavy atom. The quantitative estimate of drug-likeness (QED) is 0.749. The minimum absolute atomic E-state index is 1.00. The fourth-order valence-electron chi connectivity index (χ4n) is 3.40. The van der Waals surface area contributed by atoms with E-state index in [1.54, 1.807) is 0 Å². The minimum Gasteiger partial charge on any atom is -0.466 e. The first-order valence-electron chi connectivity index (χ1n) is 9.11. The van der Waals surface area contributed by atoms with Crippen molar-refractivity contribution < 1.29 is 4.42 Å².